The Labute approximate surface area is 168 Å². The Kier molecular flexibility index (Phi) is 5.62. The van der Waals surface area contributed by atoms with Crippen molar-refractivity contribution in [3.63, 3.8) is 0 Å². The van der Waals surface area contributed by atoms with Crippen LogP contribution in [0.2, 0.25) is 0 Å². The number of aromatic nitrogens is 2. The van der Waals surface area contributed by atoms with Crippen LogP contribution in [0.15, 0.2) is 64.0 Å². The molecule has 2 heterocycles. The van der Waals surface area contributed by atoms with Gasteiger partial charge in [-0.1, -0.05) is 35.5 Å². The van der Waals surface area contributed by atoms with Crippen LogP contribution >= 0.6 is 11.8 Å². The first-order valence-electron chi connectivity index (χ1n) is 9.35. The zero-order valence-electron chi connectivity index (χ0n) is 15.7. The van der Waals surface area contributed by atoms with E-state index in [1.165, 1.54) is 0 Å². The number of anilines is 1. The summed E-state index contributed by atoms with van der Waals surface area (Å²) in [4.78, 5) is 20.4. The van der Waals surface area contributed by atoms with Gasteiger partial charge in [0.15, 0.2) is 0 Å². The van der Waals surface area contributed by atoms with Crippen LogP contribution in [0.1, 0.15) is 31.2 Å². The van der Waals surface area contributed by atoms with E-state index < -0.39 is 0 Å². The zero-order valence-corrected chi connectivity index (χ0v) is 16.5. The van der Waals surface area contributed by atoms with Crippen LogP contribution in [0.25, 0.3) is 11.4 Å². The smallest absolute Gasteiger partial charge is 0.322 e. The van der Waals surface area contributed by atoms with Crippen LogP contribution < -0.4 is 5.32 Å². The number of likely N-dealkylation sites (tertiary alicyclic amines) is 1. The Hall–Kier alpha value is -2.80. The van der Waals surface area contributed by atoms with E-state index in [1.54, 1.807) is 16.7 Å². The number of nitrogens with zero attached hydrogens (tertiary/aromatic N) is 3. The summed E-state index contributed by atoms with van der Waals surface area (Å²) >= 11 is 1.67. The summed E-state index contributed by atoms with van der Waals surface area (Å²) in [6.07, 6.45) is 4.84. The van der Waals surface area contributed by atoms with Gasteiger partial charge in [0.2, 0.25) is 11.7 Å². The zero-order chi connectivity index (χ0) is 19.3. The molecule has 7 heteroatoms. The molecule has 0 radical (unpaired) electrons. The summed E-state index contributed by atoms with van der Waals surface area (Å²) in [6, 6.07) is 17.2. The van der Waals surface area contributed by atoms with E-state index >= 15 is 0 Å². The molecule has 3 aromatic rings. The Balaban J connectivity index is 1.51. The Morgan fingerprint density at radius 1 is 1.14 bits per heavy atom. The lowest BCUT2D eigenvalue weighted by atomic mass is 10.0. The number of nitrogens with one attached hydrogen (secondary N) is 1. The van der Waals surface area contributed by atoms with E-state index in [0.29, 0.717) is 18.3 Å². The van der Waals surface area contributed by atoms with Gasteiger partial charge in [0.1, 0.15) is 6.04 Å². The van der Waals surface area contributed by atoms with Gasteiger partial charge in [0.05, 0.1) is 0 Å². The third-order valence-corrected chi connectivity index (χ3v) is 5.61. The summed E-state index contributed by atoms with van der Waals surface area (Å²) in [6.45, 7) is 0.669. The number of hydrogen-bond acceptors (Lipinski definition) is 5. The lowest BCUT2D eigenvalue weighted by molar-refractivity contribution is 0.142. The molecule has 1 fully saturated rings. The minimum absolute atomic E-state index is 0.138. The average molecular weight is 395 g/mol. The van der Waals surface area contributed by atoms with E-state index in [-0.39, 0.29) is 12.1 Å². The van der Waals surface area contributed by atoms with Gasteiger partial charge in [-0.15, -0.1) is 11.8 Å². The molecule has 1 N–H and O–H groups in total. The monoisotopic (exact) mass is 394 g/mol. The molecule has 1 saturated heterocycles. The van der Waals surface area contributed by atoms with Gasteiger partial charge in [-0.2, -0.15) is 4.98 Å². The fourth-order valence-electron chi connectivity index (χ4n) is 3.38. The summed E-state index contributed by atoms with van der Waals surface area (Å²) in [5, 5.41) is 7.10. The highest BCUT2D eigenvalue weighted by Crippen LogP contribution is 2.31. The summed E-state index contributed by atoms with van der Waals surface area (Å²) < 4.78 is 5.53. The van der Waals surface area contributed by atoms with Crippen molar-refractivity contribution in [1.29, 1.82) is 0 Å². The lowest BCUT2D eigenvalue weighted by Gasteiger charge is -2.33. The SMILES string of the molecule is CSc1ccc(NC(=O)N2CCCCC2c2nc(-c3ccccc3)no2)cc1. The Morgan fingerprint density at radius 2 is 1.93 bits per heavy atom. The van der Waals surface area contributed by atoms with E-state index in [9.17, 15) is 4.79 Å². The summed E-state index contributed by atoms with van der Waals surface area (Å²) in [5.74, 6) is 1.04. The first-order valence-corrected chi connectivity index (χ1v) is 10.6. The van der Waals surface area contributed by atoms with Crippen LogP contribution in [0.3, 0.4) is 0 Å². The van der Waals surface area contributed by atoms with Crippen LogP contribution in [-0.2, 0) is 0 Å². The minimum atomic E-state index is -0.204. The molecule has 2 aromatic carbocycles. The number of carbonyl (C=O) groups is 1. The number of thioether (sulfide) groups is 1. The molecule has 1 aliphatic heterocycles. The molecule has 1 unspecified atom stereocenters. The molecule has 144 valence electrons. The molecule has 28 heavy (non-hydrogen) atoms. The van der Waals surface area contributed by atoms with Crippen molar-refractivity contribution >= 4 is 23.5 Å². The van der Waals surface area contributed by atoms with E-state index in [4.69, 9.17) is 4.52 Å². The maximum Gasteiger partial charge on any atom is 0.322 e. The van der Waals surface area contributed by atoms with Crippen molar-refractivity contribution in [3.05, 3.63) is 60.5 Å². The van der Waals surface area contributed by atoms with Crippen LogP contribution in [-0.4, -0.2) is 33.9 Å². The van der Waals surface area contributed by atoms with Gasteiger partial charge in [0.25, 0.3) is 0 Å². The largest absolute Gasteiger partial charge is 0.337 e. The minimum Gasteiger partial charge on any atom is -0.337 e. The number of carbonyl (C=O) groups excluding carboxylic acids is 1. The molecular formula is C21H22N4O2S. The predicted octanol–water partition coefficient (Wildman–Crippen LogP) is 5.22. The predicted molar refractivity (Wildman–Crippen MR) is 110 cm³/mol. The van der Waals surface area contributed by atoms with Crippen molar-refractivity contribution in [1.82, 2.24) is 15.0 Å². The van der Waals surface area contributed by atoms with Gasteiger partial charge in [0, 0.05) is 22.7 Å². The quantitative estimate of drug-likeness (QED) is 0.615. The topological polar surface area (TPSA) is 71.3 Å². The number of hydrogen-bond donors (Lipinski definition) is 1. The van der Waals surface area contributed by atoms with E-state index in [1.807, 2.05) is 60.9 Å². The first-order chi connectivity index (χ1) is 13.7. The highest BCUT2D eigenvalue weighted by molar-refractivity contribution is 7.98. The highest BCUT2D eigenvalue weighted by atomic mass is 32.2. The third-order valence-electron chi connectivity index (χ3n) is 4.86. The van der Waals surface area contributed by atoms with E-state index in [2.05, 4.69) is 15.5 Å². The molecule has 1 atom stereocenters. The molecule has 1 aliphatic rings. The molecule has 2 amide bonds. The molecule has 0 aliphatic carbocycles. The van der Waals surface area contributed by atoms with Crippen molar-refractivity contribution < 1.29 is 9.32 Å². The van der Waals surface area contributed by atoms with Crippen LogP contribution in [0, 0.1) is 0 Å². The number of benzene rings is 2. The molecule has 0 saturated carbocycles. The normalized spacial score (nSPS) is 16.8. The highest BCUT2D eigenvalue weighted by Gasteiger charge is 2.32. The first kappa shape index (κ1) is 18.6. The molecule has 6 nitrogen and oxygen atoms in total. The van der Waals surface area contributed by atoms with Gasteiger partial charge in [-0.25, -0.2) is 4.79 Å². The molecule has 0 bridgehead atoms. The van der Waals surface area contributed by atoms with Crippen LogP contribution in [0.5, 0.6) is 0 Å². The Bertz CT molecular complexity index is 927. The molecule has 4 rings (SSSR count). The van der Waals surface area contributed by atoms with Gasteiger partial charge >= 0.3 is 6.03 Å². The number of amides is 2. The standard InChI is InChI=1S/C21H22N4O2S/c1-28-17-12-10-16(11-13-17)22-21(26)25-14-6-5-9-18(25)20-23-19(24-27-20)15-7-3-2-4-8-15/h2-4,7-8,10-13,18H,5-6,9,14H2,1H3,(H,22,26). The molecule has 1 aromatic heterocycles. The lowest BCUT2D eigenvalue weighted by Crippen LogP contribution is -2.41. The van der Waals surface area contributed by atoms with Gasteiger partial charge in [-0.3, -0.25) is 0 Å². The number of piperidine rings is 1. The van der Waals surface area contributed by atoms with Crippen molar-refractivity contribution in [3.8, 4) is 11.4 Å². The number of rotatable bonds is 4. The van der Waals surface area contributed by atoms with Crippen molar-refractivity contribution in [2.45, 2.75) is 30.2 Å². The second kappa shape index (κ2) is 8.48. The van der Waals surface area contributed by atoms with Crippen molar-refractivity contribution in [2.75, 3.05) is 18.1 Å². The average Bonchev–Trinajstić information content (AvgIpc) is 3.25. The summed E-state index contributed by atoms with van der Waals surface area (Å²) in [5.41, 5.74) is 1.68. The maximum atomic E-state index is 12.9. The second-order valence-corrected chi connectivity index (χ2v) is 7.57. The maximum absolute atomic E-state index is 12.9. The number of urea groups is 1. The second-order valence-electron chi connectivity index (χ2n) is 6.69. The fraction of sp³-hybridized carbons (Fsp3) is 0.286. The summed E-state index contributed by atoms with van der Waals surface area (Å²) in [7, 11) is 0. The third kappa shape index (κ3) is 4.04. The van der Waals surface area contributed by atoms with Gasteiger partial charge in [-0.05, 0) is 49.8 Å². The molecule has 0 spiro atoms. The van der Waals surface area contributed by atoms with Crippen LogP contribution in [0.4, 0.5) is 10.5 Å². The fourth-order valence-corrected chi connectivity index (χ4v) is 3.78. The van der Waals surface area contributed by atoms with E-state index in [0.717, 1.165) is 35.4 Å². The van der Waals surface area contributed by atoms with Gasteiger partial charge < -0.3 is 14.7 Å². The molecular weight excluding hydrogens is 372 g/mol. The Morgan fingerprint density at radius 3 is 2.68 bits per heavy atom. The van der Waals surface area contributed by atoms with Crippen molar-refractivity contribution in [2.24, 2.45) is 0 Å².